The molecule has 138 valence electrons. The molecule has 0 radical (unpaired) electrons. The third-order valence-corrected chi connectivity index (χ3v) is 4.85. The zero-order valence-corrected chi connectivity index (χ0v) is 15.4. The molecule has 3 rings (SSSR count). The number of carbonyl (C=O) groups is 1. The number of rotatable bonds is 6. The molecule has 0 aliphatic rings. The van der Waals surface area contributed by atoms with Gasteiger partial charge in [0.25, 0.3) is 5.91 Å². The van der Waals surface area contributed by atoms with Gasteiger partial charge in [0.05, 0.1) is 12.7 Å². The van der Waals surface area contributed by atoms with Crippen LogP contribution in [0.2, 0.25) is 0 Å². The van der Waals surface area contributed by atoms with Crippen molar-refractivity contribution < 1.29 is 13.9 Å². The van der Waals surface area contributed by atoms with Crippen LogP contribution in [0.25, 0.3) is 0 Å². The summed E-state index contributed by atoms with van der Waals surface area (Å²) in [6.07, 6.45) is 0. The van der Waals surface area contributed by atoms with E-state index in [0.717, 1.165) is 11.1 Å². The Kier molecular flexibility index (Phi) is 5.55. The van der Waals surface area contributed by atoms with Gasteiger partial charge in [-0.15, -0.1) is 0 Å². The highest BCUT2D eigenvalue weighted by molar-refractivity contribution is 5.94. The van der Waals surface area contributed by atoms with Crippen LogP contribution in [0.1, 0.15) is 28.4 Å². The average molecular weight is 363 g/mol. The minimum Gasteiger partial charge on any atom is -0.497 e. The van der Waals surface area contributed by atoms with Crippen molar-refractivity contribution in [2.45, 2.75) is 12.3 Å². The van der Waals surface area contributed by atoms with Crippen LogP contribution in [0.4, 0.5) is 4.39 Å². The molecule has 0 fully saturated rings. The Morgan fingerprint density at radius 1 is 0.963 bits per heavy atom. The number of ether oxygens (including phenoxy) is 1. The monoisotopic (exact) mass is 363 g/mol. The van der Waals surface area contributed by atoms with Crippen LogP contribution in [0, 0.1) is 5.82 Å². The third-order valence-electron chi connectivity index (χ3n) is 4.85. The summed E-state index contributed by atoms with van der Waals surface area (Å²) in [5.41, 5.74) is 1.71. The molecule has 0 unspecified atom stereocenters. The predicted molar refractivity (Wildman–Crippen MR) is 105 cm³/mol. The summed E-state index contributed by atoms with van der Waals surface area (Å²) in [6, 6.07) is 24.2. The zero-order valence-electron chi connectivity index (χ0n) is 15.4. The molecular formula is C23H22FNO2. The molecule has 0 atom stereocenters. The number of hydrogen-bond donors (Lipinski definition) is 1. The van der Waals surface area contributed by atoms with Crippen LogP contribution in [-0.4, -0.2) is 19.6 Å². The molecular weight excluding hydrogens is 341 g/mol. The highest BCUT2D eigenvalue weighted by Gasteiger charge is 2.29. The third kappa shape index (κ3) is 4.00. The molecule has 1 amide bonds. The first kappa shape index (κ1) is 18.6. The number of nitrogens with one attached hydrogen (secondary N) is 1. The molecule has 0 aliphatic carbocycles. The molecule has 0 saturated carbocycles. The SMILES string of the molecule is COc1ccc(C(=O)NCC(C)(c2ccccc2)c2ccccc2)c(F)c1. The van der Waals surface area contributed by atoms with Gasteiger partial charge in [0.15, 0.2) is 0 Å². The predicted octanol–water partition coefficient (Wildman–Crippen LogP) is 4.57. The lowest BCUT2D eigenvalue weighted by molar-refractivity contribution is 0.0943. The number of hydrogen-bond acceptors (Lipinski definition) is 2. The van der Waals surface area contributed by atoms with E-state index in [2.05, 4.69) is 12.2 Å². The molecule has 0 aliphatic heterocycles. The lowest BCUT2D eigenvalue weighted by atomic mass is 9.76. The molecule has 4 heteroatoms. The van der Waals surface area contributed by atoms with Crippen molar-refractivity contribution in [3.8, 4) is 5.75 Å². The van der Waals surface area contributed by atoms with Gasteiger partial charge in [-0.1, -0.05) is 60.7 Å². The van der Waals surface area contributed by atoms with Crippen molar-refractivity contribution in [1.82, 2.24) is 5.32 Å². The number of carbonyl (C=O) groups excluding carboxylic acids is 1. The lowest BCUT2D eigenvalue weighted by Crippen LogP contribution is -2.39. The number of methoxy groups -OCH3 is 1. The van der Waals surface area contributed by atoms with Crippen molar-refractivity contribution in [2.24, 2.45) is 0 Å². The van der Waals surface area contributed by atoms with Crippen LogP contribution in [0.15, 0.2) is 78.9 Å². The maximum Gasteiger partial charge on any atom is 0.254 e. The van der Waals surface area contributed by atoms with E-state index in [0.29, 0.717) is 12.3 Å². The summed E-state index contributed by atoms with van der Waals surface area (Å²) < 4.78 is 19.2. The van der Waals surface area contributed by atoms with E-state index >= 15 is 0 Å². The average Bonchev–Trinajstić information content (AvgIpc) is 2.73. The van der Waals surface area contributed by atoms with Gasteiger partial charge in [0.1, 0.15) is 11.6 Å². The van der Waals surface area contributed by atoms with Gasteiger partial charge in [-0.3, -0.25) is 4.79 Å². The summed E-state index contributed by atoms with van der Waals surface area (Å²) >= 11 is 0. The minimum absolute atomic E-state index is 0.000673. The second-order valence-corrected chi connectivity index (χ2v) is 6.59. The molecule has 3 aromatic carbocycles. The van der Waals surface area contributed by atoms with E-state index in [1.807, 2.05) is 60.7 Å². The molecule has 0 spiro atoms. The molecule has 0 heterocycles. The number of amides is 1. The van der Waals surface area contributed by atoms with Gasteiger partial charge in [-0.05, 0) is 30.2 Å². The maximum atomic E-state index is 14.2. The van der Waals surface area contributed by atoms with E-state index in [4.69, 9.17) is 4.74 Å². The van der Waals surface area contributed by atoms with E-state index in [-0.39, 0.29) is 5.56 Å². The number of benzene rings is 3. The van der Waals surface area contributed by atoms with Gasteiger partial charge in [-0.2, -0.15) is 0 Å². The molecule has 0 aromatic heterocycles. The fourth-order valence-corrected chi connectivity index (χ4v) is 3.14. The van der Waals surface area contributed by atoms with E-state index in [1.54, 1.807) is 6.07 Å². The van der Waals surface area contributed by atoms with E-state index < -0.39 is 17.1 Å². The second-order valence-electron chi connectivity index (χ2n) is 6.59. The normalized spacial score (nSPS) is 11.1. The summed E-state index contributed by atoms with van der Waals surface area (Å²) in [6.45, 7) is 2.41. The Hall–Kier alpha value is -3.14. The highest BCUT2D eigenvalue weighted by atomic mass is 19.1. The van der Waals surface area contributed by atoms with Gasteiger partial charge in [0, 0.05) is 18.0 Å². The Bertz CT molecular complexity index is 871. The fraction of sp³-hybridized carbons (Fsp3) is 0.174. The van der Waals surface area contributed by atoms with E-state index in [9.17, 15) is 9.18 Å². The standard InChI is InChI=1S/C23H22FNO2/c1-23(17-9-5-3-6-10-17,18-11-7-4-8-12-18)16-25-22(26)20-14-13-19(27-2)15-21(20)24/h3-15H,16H2,1-2H3,(H,25,26). The Morgan fingerprint density at radius 3 is 2.00 bits per heavy atom. The Balaban J connectivity index is 1.87. The first-order chi connectivity index (χ1) is 13.0. The van der Waals surface area contributed by atoms with Gasteiger partial charge < -0.3 is 10.1 Å². The van der Waals surface area contributed by atoms with Gasteiger partial charge in [0.2, 0.25) is 0 Å². The summed E-state index contributed by atoms with van der Waals surface area (Å²) in [5.74, 6) is -0.677. The lowest BCUT2D eigenvalue weighted by Gasteiger charge is -2.31. The van der Waals surface area contributed by atoms with Crippen molar-refractivity contribution in [2.75, 3.05) is 13.7 Å². The fourth-order valence-electron chi connectivity index (χ4n) is 3.14. The first-order valence-electron chi connectivity index (χ1n) is 8.77. The minimum atomic E-state index is -0.604. The van der Waals surface area contributed by atoms with Crippen molar-refractivity contribution in [3.05, 3.63) is 101 Å². The van der Waals surface area contributed by atoms with E-state index in [1.165, 1.54) is 19.2 Å². The quantitative estimate of drug-likeness (QED) is 0.697. The van der Waals surface area contributed by atoms with Crippen LogP contribution in [-0.2, 0) is 5.41 Å². The molecule has 27 heavy (non-hydrogen) atoms. The molecule has 1 N–H and O–H groups in total. The second kappa shape index (κ2) is 8.04. The molecule has 0 saturated heterocycles. The van der Waals surface area contributed by atoms with Crippen LogP contribution in [0.3, 0.4) is 0 Å². The topological polar surface area (TPSA) is 38.3 Å². The Labute approximate surface area is 158 Å². The van der Waals surface area contributed by atoms with Crippen molar-refractivity contribution in [3.63, 3.8) is 0 Å². The largest absolute Gasteiger partial charge is 0.497 e. The zero-order chi connectivity index (χ0) is 19.3. The molecule has 3 nitrogen and oxygen atoms in total. The van der Waals surface area contributed by atoms with Gasteiger partial charge >= 0.3 is 0 Å². The van der Waals surface area contributed by atoms with Crippen molar-refractivity contribution in [1.29, 1.82) is 0 Å². The summed E-state index contributed by atoms with van der Waals surface area (Å²) in [4.78, 5) is 12.6. The van der Waals surface area contributed by atoms with Crippen LogP contribution >= 0.6 is 0 Å². The Morgan fingerprint density at radius 2 is 1.52 bits per heavy atom. The number of halogens is 1. The maximum absolute atomic E-state index is 14.2. The van der Waals surface area contributed by atoms with Crippen molar-refractivity contribution >= 4 is 5.91 Å². The van der Waals surface area contributed by atoms with Crippen LogP contribution in [0.5, 0.6) is 5.75 Å². The first-order valence-corrected chi connectivity index (χ1v) is 8.77. The highest BCUT2D eigenvalue weighted by Crippen LogP contribution is 2.31. The summed E-state index contributed by atoms with van der Waals surface area (Å²) in [5, 5.41) is 2.90. The molecule has 3 aromatic rings. The van der Waals surface area contributed by atoms with Crippen LogP contribution < -0.4 is 10.1 Å². The summed E-state index contributed by atoms with van der Waals surface area (Å²) in [7, 11) is 1.46. The molecule has 0 bridgehead atoms. The smallest absolute Gasteiger partial charge is 0.254 e. The van der Waals surface area contributed by atoms with Gasteiger partial charge in [-0.25, -0.2) is 4.39 Å².